The maximum absolute atomic E-state index is 6.34. The minimum Gasteiger partial charge on any atom is -0.454 e. The lowest BCUT2D eigenvalue weighted by Gasteiger charge is -2.24. The molecule has 0 spiro atoms. The Morgan fingerprint density at radius 2 is 1.06 bits per heavy atom. The Morgan fingerprint density at radius 1 is 0.676 bits per heavy atom. The summed E-state index contributed by atoms with van der Waals surface area (Å²) in [4.78, 5) is 15.6. The fourth-order valence-electron chi connectivity index (χ4n) is 3.90. The van der Waals surface area contributed by atoms with Crippen LogP contribution in [0.2, 0.25) is 0 Å². The number of aromatic nitrogens is 4. The van der Waals surface area contributed by atoms with Gasteiger partial charge < -0.3 is 30.3 Å². The van der Waals surface area contributed by atoms with Gasteiger partial charge in [0.2, 0.25) is 0 Å². The lowest BCUT2D eigenvalue weighted by atomic mass is 9.87. The van der Waals surface area contributed by atoms with E-state index in [1.807, 2.05) is 24.3 Å². The van der Waals surface area contributed by atoms with Gasteiger partial charge in [0.15, 0.2) is 11.5 Å². The van der Waals surface area contributed by atoms with Crippen LogP contribution in [0, 0.1) is 10.8 Å². The molecule has 0 saturated carbocycles. The van der Waals surface area contributed by atoms with E-state index in [1.54, 1.807) is 12.4 Å². The number of furan rings is 2. The maximum atomic E-state index is 6.34. The molecule has 4 aromatic heterocycles. The van der Waals surface area contributed by atoms with Crippen LogP contribution in [0.4, 0.5) is 0 Å². The summed E-state index contributed by atoms with van der Waals surface area (Å²) in [7, 11) is 0. The number of hydrogen-bond donors (Lipinski definition) is 4. The van der Waals surface area contributed by atoms with Gasteiger partial charge in [0.25, 0.3) is 0 Å². The molecule has 2 atom stereocenters. The number of rotatable bonds is 4. The second kappa shape index (κ2) is 7.58. The van der Waals surface area contributed by atoms with Crippen molar-refractivity contribution in [1.29, 1.82) is 0 Å². The van der Waals surface area contributed by atoms with Crippen molar-refractivity contribution in [2.45, 2.75) is 53.6 Å². The quantitative estimate of drug-likeness (QED) is 0.258. The van der Waals surface area contributed by atoms with Crippen molar-refractivity contribution in [3.05, 3.63) is 48.3 Å². The van der Waals surface area contributed by atoms with Crippen LogP contribution in [0.15, 0.2) is 45.5 Å². The molecule has 8 nitrogen and oxygen atoms in total. The zero-order valence-corrected chi connectivity index (χ0v) is 20.5. The SMILES string of the molecule is CC(C)(C)C(N)c1ncc(-c2cc3cc4oc(-c5cnc(C(N)C(C)(C)C)[nH]5)cc4cc3o2)[nH]1. The molecule has 0 saturated heterocycles. The molecule has 1 aromatic carbocycles. The van der Waals surface area contributed by atoms with Crippen LogP contribution in [0.1, 0.15) is 65.3 Å². The molecular weight excluding hydrogens is 428 g/mol. The van der Waals surface area contributed by atoms with Gasteiger partial charge in [0, 0.05) is 10.8 Å². The summed E-state index contributed by atoms with van der Waals surface area (Å²) in [5, 5.41) is 1.89. The van der Waals surface area contributed by atoms with Crippen LogP contribution in [0.25, 0.3) is 44.8 Å². The van der Waals surface area contributed by atoms with Gasteiger partial charge >= 0.3 is 0 Å². The third-order valence-electron chi connectivity index (χ3n) is 6.33. The summed E-state index contributed by atoms with van der Waals surface area (Å²) in [6.45, 7) is 12.5. The highest BCUT2D eigenvalue weighted by Crippen LogP contribution is 2.36. The normalized spacial score (nSPS) is 14.8. The summed E-state index contributed by atoms with van der Waals surface area (Å²) < 4.78 is 12.3. The van der Waals surface area contributed by atoms with Gasteiger partial charge in [-0.05, 0) is 35.1 Å². The summed E-state index contributed by atoms with van der Waals surface area (Å²) in [5.41, 5.74) is 15.6. The van der Waals surface area contributed by atoms with Gasteiger partial charge in [0.1, 0.15) is 34.2 Å². The molecule has 0 fully saturated rings. The molecule has 0 aliphatic heterocycles. The Hall–Kier alpha value is -3.36. The largest absolute Gasteiger partial charge is 0.454 e. The first kappa shape index (κ1) is 22.4. The van der Waals surface area contributed by atoms with Crippen LogP contribution < -0.4 is 11.5 Å². The molecule has 2 unspecified atom stereocenters. The number of hydrogen-bond acceptors (Lipinski definition) is 6. The lowest BCUT2D eigenvalue weighted by Crippen LogP contribution is -2.27. The number of nitrogens with one attached hydrogen (secondary N) is 2. The first-order valence-electron chi connectivity index (χ1n) is 11.5. The minimum atomic E-state index is -0.202. The van der Waals surface area contributed by atoms with Gasteiger partial charge in [-0.3, -0.25) is 0 Å². The maximum Gasteiger partial charge on any atom is 0.153 e. The molecule has 178 valence electrons. The first-order valence-corrected chi connectivity index (χ1v) is 11.5. The number of nitrogens with zero attached hydrogens (tertiary/aromatic N) is 2. The third-order valence-corrected chi connectivity index (χ3v) is 6.33. The monoisotopic (exact) mass is 460 g/mol. The average Bonchev–Trinajstić information content (AvgIpc) is 3.53. The second-order valence-corrected chi connectivity index (χ2v) is 11.2. The first-order chi connectivity index (χ1) is 15.9. The highest BCUT2D eigenvalue weighted by atomic mass is 16.3. The standard InChI is InChI=1S/C26H32N6O2/c1-25(2,3)21(27)23-29-11-15(31-23)19-9-13-7-18-14(8-17(13)33-19)10-20(34-18)16-12-30-24(32-16)22(28)26(4,5)6/h7-12,21-22H,27-28H2,1-6H3,(H,29,31)(H,30,32). The molecule has 8 heteroatoms. The van der Waals surface area contributed by atoms with Crippen LogP contribution in [-0.2, 0) is 0 Å². The molecule has 0 aliphatic carbocycles. The summed E-state index contributed by atoms with van der Waals surface area (Å²) in [6, 6.07) is 7.52. The minimum absolute atomic E-state index is 0.0988. The van der Waals surface area contributed by atoms with E-state index in [2.05, 4.69) is 61.5 Å². The third kappa shape index (κ3) is 3.93. The van der Waals surface area contributed by atoms with Crippen molar-refractivity contribution in [2.75, 3.05) is 0 Å². The summed E-state index contributed by atoms with van der Waals surface area (Å²) in [5.74, 6) is 2.90. The molecule has 34 heavy (non-hydrogen) atoms. The van der Waals surface area contributed by atoms with Crippen molar-refractivity contribution in [3.8, 4) is 22.9 Å². The smallest absolute Gasteiger partial charge is 0.153 e. The molecule has 5 rings (SSSR count). The number of aromatic amines is 2. The fraction of sp³-hybridized carbons (Fsp3) is 0.385. The van der Waals surface area contributed by atoms with E-state index in [4.69, 9.17) is 20.3 Å². The molecular formula is C26H32N6O2. The Labute approximate surface area is 198 Å². The van der Waals surface area contributed by atoms with E-state index in [0.29, 0.717) is 11.5 Å². The number of benzene rings is 1. The van der Waals surface area contributed by atoms with E-state index in [1.165, 1.54) is 0 Å². The predicted octanol–water partition coefficient (Wildman–Crippen LogP) is 6.05. The van der Waals surface area contributed by atoms with Gasteiger partial charge in [0.05, 0.1) is 24.5 Å². The molecule has 5 aromatic rings. The van der Waals surface area contributed by atoms with E-state index in [9.17, 15) is 0 Å². The van der Waals surface area contributed by atoms with E-state index in [-0.39, 0.29) is 22.9 Å². The highest BCUT2D eigenvalue weighted by molar-refractivity contribution is 5.96. The van der Waals surface area contributed by atoms with Crippen molar-refractivity contribution < 1.29 is 8.83 Å². The predicted molar refractivity (Wildman–Crippen MR) is 134 cm³/mol. The zero-order chi connectivity index (χ0) is 24.4. The number of fused-ring (bicyclic) bond motifs is 2. The van der Waals surface area contributed by atoms with Crippen molar-refractivity contribution >= 4 is 21.9 Å². The van der Waals surface area contributed by atoms with Crippen molar-refractivity contribution in [3.63, 3.8) is 0 Å². The van der Waals surface area contributed by atoms with E-state index >= 15 is 0 Å². The molecule has 6 N–H and O–H groups in total. The second-order valence-electron chi connectivity index (χ2n) is 11.2. The Kier molecular flexibility index (Phi) is 5.00. The van der Waals surface area contributed by atoms with Crippen LogP contribution in [-0.4, -0.2) is 19.9 Å². The number of H-pyrrole nitrogens is 2. The van der Waals surface area contributed by atoms with E-state index in [0.717, 1.165) is 45.0 Å². The van der Waals surface area contributed by atoms with Crippen LogP contribution >= 0.6 is 0 Å². The Balaban J connectivity index is 1.45. The number of imidazole rings is 2. The van der Waals surface area contributed by atoms with Gasteiger partial charge in [-0.15, -0.1) is 0 Å². The van der Waals surface area contributed by atoms with Crippen LogP contribution in [0.3, 0.4) is 0 Å². The van der Waals surface area contributed by atoms with Crippen LogP contribution in [0.5, 0.6) is 0 Å². The topological polar surface area (TPSA) is 136 Å². The number of nitrogens with two attached hydrogens (primary N) is 2. The summed E-state index contributed by atoms with van der Waals surface area (Å²) >= 11 is 0. The lowest BCUT2D eigenvalue weighted by molar-refractivity contribution is 0.316. The zero-order valence-electron chi connectivity index (χ0n) is 20.5. The molecule has 0 amide bonds. The van der Waals surface area contributed by atoms with Gasteiger partial charge in [-0.2, -0.15) is 0 Å². The molecule has 0 radical (unpaired) electrons. The van der Waals surface area contributed by atoms with Gasteiger partial charge in [-0.1, -0.05) is 41.5 Å². The highest BCUT2D eigenvalue weighted by Gasteiger charge is 2.26. The Morgan fingerprint density at radius 3 is 1.41 bits per heavy atom. The summed E-state index contributed by atoms with van der Waals surface area (Å²) in [6.07, 6.45) is 3.53. The van der Waals surface area contributed by atoms with Crippen molar-refractivity contribution in [1.82, 2.24) is 19.9 Å². The molecule has 4 heterocycles. The van der Waals surface area contributed by atoms with Crippen molar-refractivity contribution in [2.24, 2.45) is 22.3 Å². The van der Waals surface area contributed by atoms with Gasteiger partial charge in [-0.25, -0.2) is 9.97 Å². The molecule has 0 aliphatic rings. The average molecular weight is 461 g/mol. The Bertz CT molecular complexity index is 1310. The molecule has 0 bridgehead atoms. The van der Waals surface area contributed by atoms with E-state index < -0.39 is 0 Å². The fourth-order valence-corrected chi connectivity index (χ4v) is 3.90.